The molecule has 0 spiro atoms. The molecule has 2 heteroatoms. The summed E-state index contributed by atoms with van der Waals surface area (Å²) in [5, 5.41) is 9.02. The molecule has 0 radical (unpaired) electrons. The third-order valence-corrected chi connectivity index (χ3v) is 3.61. The second kappa shape index (κ2) is 9.48. The van der Waals surface area contributed by atoms with Crippen molar-refractivity contribution in [3.05, 3.63) is 65.2 Å². The van der Waals surface area contributed by atoms with Gasteiger partial charge in [0.25, 0.3) is 0 Å². The number of anilines is 2. The zero-order valence-electron chi connectivity index (χ0n) is 14.8. The molecule has 0 aliphatic carbocycles. The summed E-state index contributed by atoms with van der Waals surface area (Å²) < 4.78 is 0. The van der Waals surface area contributed by atoms with E-state index >= 15 is 0 Å². The van der Waals surface area contributed by atoms with Crippen molar-refractivity contribution in [2.45, 2.75) is 34.1 Å². The molecule has 23 heavy (non-hydrogen) atoms. The van der Waals surface area contributed by atoms with Crippen LogP contribution in [0.2, 0.25) is 0 Å². The number of hydrogen-bond acceptors (Lipinski definition) is 2. The average molecular weight is 306 g/mol. The molecule has 0 bridgehead atoms. The summed E-state index contributed by atoms with van der Waals surface area (Å²) in [7, 11) is 2.02. The van der Waals surface area contributed by atoms with E-state index in [1.165, 1.54) is 11.1 Å². The second-order valence-corrected chi connectivity index (χ2v) is 4.96. The summed E-state index contributed by atoms with van der Waals surface area (Å²) >= 11 is 0. The van der Waals surface area contributed by atoms with Crippen molar-refractivity contribution in [3.8, 4) is 6.07 Å². The van der Waals surface area contributed by atoms with E-state index in [-0.39, 0.29) is 0 Å². The van der Waals surface area contributed by atoms with Crippen LogP contribution in [0.5, 0.6) is 0 Å². The van der Waals surface area contributed by atoms with Crippen LogP contribution in [0.1, 0.15) is 44.4 Å². The topological polar surface area (TPSA) is 27.0 Å². The zero-order chi connectivity index (χ0) is 17.2. The Bertz CT molecular complexity index is 693. The average Bonchev–Trinajstić information content (AvgIpc) is 2.63. The Morgan fingerprint density at radius 2 is 1.78 bits per heavy atom. The van der Waals surface area contributed by atoms with Gasteiger partial charge in [-0.3, -0.25) is 0 Å². The second-order valence-electron chi connectivity index (χ2n) is 4.96. The van der Waals surface area contributed by atoms with Crippen molar-refractivity contribution in [1.29, 1.82) is 5.26 Å². The smallest absolute Gasteiger partial charge is 0.0992 e. The largest absolute Gasteiger partial charge is 0.345 e. The van der Waals surface area contributed by atoms with E-state index in [4.69, 9.17) is 5.26 Å². The molecule has 2 rings (SSSR count). The van der Waals surface area contributed by atoms with Gasteiger partial charge in [-0.2, -0.15) is 5.26 Å². The number of rotatable bonds is 4. The maximum absolute atomic E-state index is 9.02. The van der Waals surface area contributed by atoms with E-state index in [0.29, 0.717) is 5.56 Å². The maximum Gasteiger partial charge on any atom is 0.0992 e. The highest BCUT2D eigenvalue weighted by atomic mass is 15.1. The standard InChI is InChI=1S/C19H20N2.C2H6/c1-4-7-17-13-19(11-10-16(17)5-2)21(3)18-9-6-8-15(12-18)14-20;1-2/h4,6-13H,5H2,1-3H3;1-2H3/b7-4-;. The molecular weight excluding hydrogens is 280 g/mol. The van der Waals surface area contributed by atoms with Gasteiger partial charge in [0.1, 0.15) is 0 Å². The Balaban J connectivity index is 0.00000127. The SMILES string of the molecule is C/C=C\c1cc(N(C)c2cccc(C#N)c2)ccc1CC.CC. The van der Waals surface area contributed by atoms with Crippen LogP contribution in [0.4, 0.5) is 11.4 Å². The molecule has 0 aromatic heterocycles. The number of benzene rings is 2. The van der Waals surface area contributed by atoms with Gasteiger partial charge in [-0.05, 0) is 54.8 Å². The molecule has 0 aliphatic heterocycles. The molecule has 2 aromatic carbocycles. The molecule has 0 fully saturated rings. The minimum atomic E-state index is 0.679. The third kappa shape index (κ3) is 4.72. The predicted molar refractivity (Wildman–Crippen MR) is 101 cm³/mol. The van der Waals surface area contributed by atoms with Crippen LogP contribution in [-0.2, 0) is 6.42 Å². The fraction of sp³-hybridized carbons (Fsp3) is 0.286. The summed E-state index contributed by atoms with van der Waals surface area (Å²) in [6.45, 7) is 8.20. The molecule has 0 amide bonds. The molecule has 0 heterocycles. The Morgan fingerprint density at radius 3 is 2.39 bits per heavy atom. The van der Waals surface area contributed by atoms with E-state index in [2.05, 4.69) is 48.2 Å². The van der Waals surface area contributed by atoms with Crippen LogP contribution in [0.25, 0.3) is 6.08 Å². The van der Waals surface area contributed by atoms with Gasteiger partial charge < -0.3 is 4.90 Å². The Kier molecular flexibility index (Phi) is 7.63. The van der Waals surface area contributed by atoms with E-state index in [1.54, 1.807) is 0 Å². The fourth-order valence-corrected chi connectivity index (χ4v) is 2.38. The number of nitrogens with zero attached hydrogens (tertiary/aromatic N) is 2. The molecule has 0 saturated heterocycles. The fourth-order valence-electron chi connectivity index (χ4n) is 2.38. The summed E-state index contributed by atoms with van der Waals surface area (Å²) in [6.07, 6.45) is 5.23. The predicted octanol–water partition coefficient (Wildman–Crippen LogP) is 5.95. The lowest BCUT2D eigenvalue weighted by Crippen LogP contribution is -2.10. The van der Waals surface area contributed by atoms with Crippen LogP contribution in [0.15, 0.2) is 48.5 Å². The Labute approximate surface area is 140 Å². The third-order valence-electron chi connectivity index (χ3n) is 3.61. The highest BCUT2D eigenvalue weighted by molar-refractivity contribution is 5.68. The molecular formula is C21H26N2. The van der Waals surface area contributed by atoms with Gasteiger partial charge in [-0.1, -0.05) is 45.1 Å². The number of aryl methyl sites for hydroxylation is 1. The van der Waals surface area contributed by atoms with Crippen molar-refractivity contribution < 1.29 is 0 Å². The normalized spacial score (nSPS) is 9.91. The molecule has 0 saturated carbocycles. The number of allylic oxidation sites excluding steroid dienone is 1. The van der Waals surface area contributed by atoms with E-state index in [9.17, 15) is 0 Å². The number of hydrogen-bond donors (Lipinski definition) is 0. The first kappa shape index (κ1) is 18.5. The highest BCUT2D eigenvalue weighted by Crippen LogP contribution is 2.27. The van der Waals surface area contributed by atoms with Gasteiger partial charge in [-0.15, -0.1) is 0 Å². The van der Waals surface area contributed by atoms with Crippen LogP contribution in [-0.4, -0.2) is 7.05 Å². The molecule has 0 unspecified atom stereocenters. The summed E-state index contributed by atoms with van der Waals surface area (Å²) in [6, 6.07) is 16.3. The quantitative estimate of drug-likeness (QED) is 0.698. The van der Waals surface area contributed by atoms with Gasteiger partial charge >= 0.3 is 0 Å². The van der Waals surface area contributed by atoms with Crippen molar-refractivity contribution in [3.63, 3.8) is 0 Å². The van der Waals surface area contributed by atoms with E-state index in [0.717, 1.165) is 17.8 Å². The lowest BCUT2D eigenvalue weighted by molar-refractivity contribution is 1.12. The minimum Gasteiger partial charge on any atom is -0.345 e. The lowest BCUT2D eigenvalue weighted by atomic mass is 10.0. The van der Waals surface area contributed by atoms with E-state index < -0.39 is 0 Å². The number of nitriles is 1. The van der Waals surface area contributed by atoms with Gasteiger partial charge in [0.15, 0.2) is 0 Å². The van der Waals surface area contributed by atoms with Crippen LogP contribution < -0.4 is 4.90 Å². The first-order chi connectivity index (χ1) is 11.2. The van der Waals surface area contributed by atoms with E-state index in [1.807, 2.05) is 52.1 Å². The molecule has 2 aromatic rings. The lowest BCUT2D eigenvalue weighted by Gasteiger charge is -2.21. The molecule has 0 N–H and O–H groups in total. The molecule has 0 aliphatic rings. The molecule has 2 nitrogen and oxygen atoms in total. The monoisotopic (exact) mass is 306 g/mol. The van der Waals surface area contributed by atoms with Gasteiger partial charge in [0, 0.05) is 18.4 Å². The van der Waals surface area contributed by atoms with Crippen molar-refractivity contribution in [2.24, 2.45) is 0 Å². The molecule has 120 valence electrons. The van der Waals surface area contributed by atoms with Gasteiger partial charge in [0.05, 0.1) is 11.6 Å². The maximum atomic E-state index is 9.02. The molecule has 0 atom stereocenters. The van der Waals surface area contributed by atoms with Crippen LogP contribution in [0, 0.1) is 11.3 Å². The van der Waals surface area contributed by atoms with Crippen molar-refractivity contribution in [2.75, 3.05) is 11.9 Å². The van der Waals surface area contributed by atoms with Crippen LogP contribution in [0.3, 0.4) is 0 Å². The minimum absolute atomic E-state index is 0.679. The Hall–Kier alpha value is -2.53. The van der Waals surface area contributed by atoms with Gasteiger partial charge in [0.2, 0.25) is 0 Å². The van der Waals surface area contributed by atoms with Crippen LogP contribution >= 0.6 is 0 Å². The van der Waals surface area contributed by atoms with Crippen molar-refractivity contribution >= 4 is 17.5 Å². The first-order valence-corrected chi connectivity index (χ1v) is 8.19. The summed E-state index contributed by atoms with van der Waals surface area (Å²) in [5.74, 6) is 0. The summed E-state index contributed by atoms with van der Waals surface area (Å²) in [5.41, 5.74) is 5.41. The summed E-state index contributed by atoms with van der Waals surface area (Å²) in [4.78, 5) is 2.10. The van der Waals surface area contributed by atoms with Crippen molar-refractivity contribution in [1.82, 2.24) is 0 Å². The zero-order valence-corrected chi connectivity index (χ0v) is 14.8. The van der Waals surface area contributed by atoms with Gasteiger partial charge in [-0.25, -0.2) is 0 Å². The highest BCUT2D eigenvalue weighted by Gasteiger charge is 2.07. The first-order valence-electron chi connectivity index (χ1n) is 8.19. The Morgan fingerprint density at radius 1 is 1.09 bits per heavy atom.